The first kappa shape index (κ1) is 11.0. The predicted octanol–water partition coefficient (Wildman–Crippen LogP) is 3.11. The number of carbonyl (C=O) groups is 1. The molecule has 0 fully saturated rings. The topological polar surface area (TPSA) is 17.1 Å². The molecule has 1 nitrogen and oxygen atoms in total. The van der Waals surface area contributed by atoms with Crippen molar-refractivity contribution < 1.29 is 4.79 Å². The Morgan fingerprint density at radius 3 is 2.71 bits per heavy atom. The molecule has 1 heteroatoms. The SMILES string of the molecule is CC#CCCC1=CC(=O)CC(C)(C)C1. The molecule has 76 valence electrons. The van der Waals surface area contributed by atoms with Crippen LogP contribution < -0.4 is 0 Å². The molecule has 0 aromatic rings. The second kappa shape index (κ2) is 4.46. The van der Waals surface area contributed by atoms with E-state index >= 15 is 0 Å². The van der Waals surface area contributed by atoms with Crippen molar-refractivity contribution in [3.8, 4) is 11.8 Å². The van der Waals surface area contributed by atoms with Crippen LogP contribution in [0.15, 0.2) is 11.6 Å². The van der Waals surface area contributed by atoms with Crippen LogP contribution in [0.5, 0.6) is 0 Å². The average Bonchev–Trinajstić information content (AvgIpc) is 2.00. The first-order chi connectivity index (χ1) is 6.53. The Morgan fingerprint density at radius 2 is 2.14 bits per heavy atom. The van der Waals surface area contributed by atoms with E-state index in [0.29, 0.717) is 6.42 Å². The normalized spacial score (nSPS) is 19.6. The molecule has 0 N–H and O–H groups in total. The van der Waals surface area contributed by atoms with Crippen molar-refractivity contribution in [1.29, 1.82) is 0 Å². The molecule has 0 saturated heterocycles. The Balaban J connectivity index is 2.59. The molecule has 14 heavy (non-hydrogen) atoms. The molecule has 0 bridgehead atoms. The third-order valence-corrected chi connectivity index (χ3v) is 2.47. The smallest absolute Gasteiger partial charge is 0.156 e. The number of hydrogen-bond acceptors (Lipinski definition) is 1. The van der Waals surface area contributed by atoms with Crippen LogP contribution in [-0.4, -0.2) is 5.78 Å². The van der Waals surface area contributed by atoms with Gasteiger partial charge in [-0.05, 0) is 31.3 Å². The molecule has 0 heterocycles. The quantitative estimate of drug-likeness (QED) is 0.611. The molecule has 1 aliphatic rings. The minimum Gasteiger partial charge on any atom is -0.295 e. The largest absolute Gasteiger partial charge is 0.295 e. The number of rotatable bonds is 2. The van der Waals surface area contributed by atoms with E-state index in [1.165, 1.54) is 5.57 Å². The second-order valence-corrected chi connectivity index (χ2v) is 4.71. The summed E-state index contributed by atoms with van der Waals surface area (Å²) in [7, 11) is 0. The van der Waals surface area contributed by atoms with Gasteiger partial charge in [-0.2, -0.15) is 0 Å². The van der Waals surface area contributed by atoms with E-state index in [4.69, 9.17) is 0 Å². The van der Waals surface area contributed by atoms with Gasteiger partial charge in [0.05, 0.1) is 0 Å². The summed E-state index contributed by atoms with van der Waals surface area (Å²) in [5.74, 6) is 6.19. The zero-order chi connectivity index (χ0) is 10.6. The van der Waals surface area contributed by atoms with Crippen LogP contribution in [0.2, 0.25) is 0 Å². The monoisotopic (exact) mass is 190 g/mol. The lowest BCUT2D eigenvalue weighted by Crippen LogP contribution is -2.21. The molecule has 0 unspecified atom stereocenters. The van der Waals surface area contributed by atoms with Crippen LogP contribution in [0.25, 0.3) is 0 Å². The predicted molar refractivity (Wildman–Crippen MR) is 58.8 cm³/mol. The van der Waals surface area contributed by atoms with Gasteiger partial charge in [-0.3, -0.25) is 4.79 Å². The van der Waals surface area contributed by atoms with Crippen LogP contribution in [0, 0.1) is 17.3 Å². The highest BCUT2D eigenvalue weighted by atomic mass is 16.1. The maximum Gasteiger partial charge on any atom is 0.156 e. The Kier molecular flexibility index (Phi) is 3.52. The minimum absolute atomic E-state index is 0.154. The fourth-order valence-electron chi connectivity index (χ4n) is 1.99. The van der Waals surface area contributed by atoms with E-state index < -0.39 is 0 Å². The molecule has 0 amide bonds. The summed E-state index contributed by atoms with van der Waals surface area (Å²) in [4.78, 5) is 11.4. The van der Waals surface area contributed by atoms with Gasteiger partial charge in [-0.1, -0.05) is 19.4 Å². The fraction of sp³-hybridized carbons (Fsp3) is 0.615. The van der Waals surface area contributed by atoms with E-state index in [9.17, 15) is 4.79 Å². The van der Waals surface area contributed by atoms with Crippen molar-refractivity contribution in [2.24, 2.45) is 5.41 Å². The van der Waals surface area contributed by atoms with Gasteiger partial charge < -0.3 is 0 Å². The van der Waals surface area contributed by atoms with E-state index in [-0.39, 0.29) is 11.2 Å². The summed E-state index contributed by atoms with van der Waals surface area (Å²) in [5, 5.41) is 0. The van der Waals surface area contributed by atoms with Gasteiger partial charge in [0.1, 0.15) is 0 Å². The Bertz CT molecular complexity index is 310. The molecular weight excluding hydrogens is 172 g/mol. The van der Waals surface area contributed by atoms with Crippen molar-refractivity contribution in [2.75, 3.05) is 0 Å². The minimum atomic E-state index is 0.154. The highest BCUT2D eigenvalue weighted by Crippen LogP contribution is 2.35. The van der Waals surface area contributed by atoms with Crippen LogP contribution >= 0.6 is 0 Å². The van der Waals surface area contributed by atoms with Crippen molar-refractivity contribution in [3.63, 3.8) is 0 Å². The molecule has 0 aromatic carbocycles. The lowest BCUT2D eigenvalue weighted by Gasteiger charge is -2.28. The van der Waals surface area contributed by atoms with E-state index in [2.05, 4.69) is 25.7 Å². The van der Waals surface area contributed by atoms with Gasteiger partial charge in [0.15, 0.2) is 5.78 Å². The maximum atomic E-state index is 11.4. The number of hydrogen-bond donors (Lipinski definition) is 0. The Hall–Kier alpha value is -1.03. The highest BCUT2D eigenvalue weighted by molar-refractivity contribution is 5.91. The van der Waals surface area contributed by atoms with Crippen molar-refractivity contribution in [2.45, 2.75) is 46.5 Å². The number of allylic oxidation sites excluding steroid dienone is 2. The summed E-state index contributed by atoms with van der Waals surface area (Å²) >= 11 is 0. The molecular formula is C13H18O. The summed E-state index contributed by atoms with van der Waals surface area (Å²) in [6.07, 6.45) is 5.39. The van der Waals surface area contributed by atoms with E-state index in [0.717, 1.165) is 19.3 Å². The van der Waals surface area contributed by atoms with Gasteiger partial charge >= 0.3 is 0 Å². The lowest BCUT2D eigenvalue weighted by atomic mass is 9.76. The second-order valence-electron chi connectivity index (χ2n) is 4.71. The van der Waals surface area contributed by atoms with Gasteiger partial charge in [0, 0.05) is 12.8 Å². The molecule has 0 saturated carbocycles. The molecule has 1 rings (SSSR count). The Labute approximate surface area is 86.6 Å². The highest BCUT2D eigenvalue weighted by Gasteiger charge is 2.26. The average molecular weight is 190 g/mol. The fourth-order valence-corrected chi connectivity index (χ4v) is 1.99. The summed E-state index contributed by atoms with van der Waals surface area (Å²) in [5.41, 5.74) is 1.43. The van der Waals surface area contributed by atoms with Gasteiger partial charge in [0.2, 0.25) is 0 Å². The zero-order valence-electron chi connectivity index (χ0n) is 9.31. The molecule has 0 spiro atoms. The Morgan fingerprint density at radius 1 is 1.43 bits per heavy atom. The molecule has 0 aromatic heterocycles. The first-order valence-corrected chi connectivity index (χ1v) is 5.15. The molecule has 1 aliphatic carbocycles. The van der Waals surface area contributed by atoms with Gasteiger partial charge in [-0.15, -0.1) is 11.8 Å². The first-order valence-electron chi connectivity index (χ1n) is 5.15. The summed E-state index contributed by atoms with van der Waals surface area (Å²) in [6.45, 7) is 6.16. The van der Waals surface area contributed by atoms with Crippen LogP contribution in [-0.2, 0) is 4.79 Å². The number of carbonyl (C=O) groups excluding carboxylic acids is 1. The third kappa shape index (κ3) is 3.38. The van der Waals surface area contributed by atoms with Crippen LogP contribution in [0.1, 0.15) is 46.5 Å². The number of ketones is 1. The standard InChI is InChI=1S/C13H18O/c1-4-5-6-7-11-8-12(14)10-13(2,3)9-11/h8H,6-7,9-10H2,1-3H3. The molecule has 0 radical (unpaired) electrons. The molecule has 0 aliphatic heterocycles. The van der Waals surface area contributed by atoms with Crippen LogP contribution in [0.4, 0.5) is 0 Å². The molecule has 0 atom stereocenters. The van der Waals surface area contributed by atoms with Crippen LogP contribution in [0.3, 0.4) is 0 Å². The van der Waals surface area contributed by atoms with E-state index in [1.807, 2.05) is 13.0 Å². The van der Waals surface area contributed by atoms with Gasteiger partial charge in [0.25, 0.3) is 0 Å². The third-order valence-electron chi connectivity index (χ3n) is 2.47. The zero-order valence-corrected chi connectivity index (χ0v) is 9.31. The lowest BCUT2D eigenvalue weighted by molar-refractivity contribution is -0.117. The maximum absolute atomic E-state index is 11.4. The van der Waals surface area contributed by atoms with E-state index in [1.54, 1.807) is 0 Å². The summed E-state index contributed by atoms with van der Waals surface area (Å²) in [6, 6.07) is 0. The van der Waals surface area contributed by atoms with Gasteiger partial charge in [-0.25, -0.2) is 0 Å². The van der Waals surface area contributed by atoms with Crippen molar-refractivity contribution in [1.82, 2.24) is 0 Å². The summed E-state index contributed by atoms with van der Waals surface area (Å²) < 4.78 is 0. The van der Waals surface area contributed by atoms with Crippen molar-refractivity contribution in [3.05, 3.63) is 11.6 Å². The van der Waals surface area contributed by atoms with Crippen molar-refractivity contribution >= 4 is 5.78 Å².